The van der Waals surface area contributed by atoms with Gasteiger partial charge in [-0.2, -0.15) is 0 Å². The summed E-state index contributed by atoms with van der Waals surface area (Å²) in [5.74, 6) is 0. The van der Waals surface area contributed by atoms with Crippen LogP contribution in [0, 0.1) is 0 Å². The quantitative estimate of drug-likeness (QED) is 0.670. The van der Waals surface area contributed by atoms with Gasteiger partial charge in [-0.05, 0) is 62.1 Å². The molecule has 0 unspecified atom stereocenters. The van der Waals surface area contributed by atoms with Gasteiger partial charge in [0.25, 0.3) is 0 Å². The lowest BCUT2D eigenvalue weighted by molar-refractivity contribution is 0.566. The normalized spacial score (nSPS) is 16.3. The van der Waals surface area contributed by atoms with Gasteiger partial charge >= 0.3 is 4.87 Å². The first kappa shape index (κ1) is 20.1. The Morgan fingerprint density at radius 2 is 1.72 bits per heavy atom. The van der Waals surface area contributed by atoms with Crippen molar-refractivity contribution in [3.05, 3.63) is 57.7 Å². The minimum atomic E-state index is -3.70. The highest BCUT2D eigenvalue weighted by Crippen LogP contribution is 2.25. The van der Waals surface area contributed by atoms with Gasteiger partial charge in [-0.15, -0.1) is 0 Å². The van der Waals surface area contributed by atoms with Crippen molar-refractivity contribution in [1.29, 1.82) is 0 Å². The number of nitrogens with zero attached hydrogens (tertiary/aromatic N) is 2. The van der Waals surface area contributed by atoms with E-state index < -0.39 is 10.0 Å². The number of sulfonamides is 1. The summed E-state index contributed by atoms with van der Waals surface area (Å²) in [6, 6.07) is 12.5. The van der Waals surface area contributed by atoms with Gasteiger partial charge in [-0.25, -0.2) is 13.1 Å². The Bertz CT molecular complexity index is 1170. The third kappa shape index (κ3) is 4.10. The lowest BCUT2D eigenvalue weighted by Crippen LogP contribution is -2.29. The number of hydrogen-bond acceptors (Lipinski definition) is 5. The molecule has 0 spiro atoms. The summed E-state index contributed by atoms with van der Waals surface area (Å²) in [4.78, 5) is 14.3. The fourth-order valence-electron chi connectivity index (χ4n) is 3.78. The molecular formula is C21H25N3O3S2. The lowest BCUT2D eigenvalue weighted by Gasteiger charge is -2.29. The van der Waals surface area contributed by atoms with E-state index in [1.54, 1.807) is 25.2 Å². The predicted molar refractivity (Wildman–Crippen MR) is 118 cm³/mol. The summed E-state index contributed by atoms with van der Waals surface area (Å²) >= 11 is 1.05. The molecule has 1 aromatic heterocycles. The fraction of sp³-hybridized carbons (Fsp3) is 0.381. The second kappa shape index (κ2) is 7.93. The van der Waals surface area contributed by atoms with Gasteiger partial charge < -0.3 is 9.47 Å². The van der Waals surface area contributed by atoms with Gasteiger partial charge in [0.2, 0.25) is 10.0 Å². The first-order valence-corrected chi connectivity index (χ1v) is 12.1. The average Bonchev–Trinajstić information content (AvgIpc) is 3.01. The van der Waals surface area contributed by atoms with E-state index in [2.05, 4.69) is 21.8 Å². The van der Waals surface area contributed by atoms with E-state index in [4.69, 9.17) is 0 Å². The van der Waals surface area contributed by atoms with E-state index >= 15 is 0 Å². The van der Waals surface area contributed by atoms with Crippen LogP contribution in [0.2, 0.25) is 0 Å². The summed E-state index contributed by atoms with van der Waals surface area (Å²) in [5.41, 5.74) is 2.84. The van der Waals surface area contributed by atoms with Gasteiger partial charge in [0, 0.05) is 31.9 Å². The van der Waals surface area contributed by atoms with Gasteiger partial charge in [-0.1, -0.05) is 23.5 Å². The molecule has 0 radical (unpaired) electrons. The highest BCUT2D eigenvalue weighted by atomic mass is 32.2. The molecule has 1 atom stereocenters. The number of aromatic nitrogens is 1. The maximum Gasteiger partial charge on any atom is 0.307 e. The van der Waals surface area contributed by atoms with E-state index in [0.29, 0.717) is 4.70 Å². The molecule has 2 aromatic carbocycles. The molecule has 0 saturated carbocycles. The molecule has 3 aromatic rings. The van der Waals surface area contributed by atoms with Crippen molar-refractivity contribution < 1.29 is 8.42 Å². The molecule has 154 valence electrons. The number of rotatable bonds is 5. The molecule has 0 amide bonds. The van der Waals surface area contributed by atoms with Crippen LogP contribution in [-0.2, 0) is 17.1 Å². The number of piperidine rings is 1. The molecule has 6 nitrogen and oxygen atoms in total. The molecule has 1 fully saturated rings. The van der Waals surface area contributed by atoms with Crippen LogP contribution in [0.4, 0.5) is 5.69 Å². The van der Waals surface area contributed by atoms with Crippen molar-refractivity contribution in [3.8, 4) is 0 Å². The number of fused-ring (bicyclic) bond motifs is 1. The summed E-state index contributed by atoms with van der Waals surface area (Å²) in [6.45, 7) is 4.00. The lowest BCUT2D eigenvalue weighted by atomic mass is 10.1. The van der Waals surface area contributed by atoms with Gasteiger partial charge in [-0.3, -0.25) is 4.79 Å². The van der Waals surface area contributed by atoms with Crippen molar-refractivity contribution in [2.45, 2.75) is 37.1 Å². The van der Waals surface area contributed by atoms with Gasteiger partial charge in [0.05, 0.1) is 15.1 Å². The first-order valence-electron chi connectivity index (χ1n) is 9.82. The molecule has 2 heterocycles. The zero-order valence-electron chi connectivity index (χ0n) is 16.6. The molecule has 0 bridgehead atoms. The minimum absolute atomic E-state index is 0.107. The SMILES string of the molecule is C[C@H](NS(=O)(=O)c1ccc2c(c1)sc(=O)n2C)c1ccc(N2CCCCC2)cc1. The van der Waals surface area contributed by atoms with Gasteiger partial charge in [0.1, 0.15) is 0 Å². The number of thiazole rings is 1. The third-order valence-corrected chi connectivity index (χ3v) is 8.05. The second-order valence-electron chi connectivity index (χ2n) is 7.54. The van der Waals surface area contributed by atoms with Crippen molar-refractivity contribution in [2.24, 2.45) is 7.05 Å². The standard InChI is InChI=1S/C21H25N3O3S2/c1-15(16-6-8-17(9-7-16)24-12-4-3-5-13-24)22-29(26,27)18-10-11-19-20(14-18)28-21(25)23(19)2/h6-11,14-15,22H,3-5,12-13H2,1-2H3/t15-/m0/s1. The Hall–Kier alpha value is -2.16. The zero-order chi connectivity index (χ0) is 20.6. The average molecular weight is 432 g/mol. The van der Waals surface area contributed by atoms with Crippen molar-refractivity contribution in [1.82, 2.24) is 9.29 Å². The van der Waals surface area contributed by atoms with E-state index in [-0.39, 0.29) is 15.8 Å². The second-order valence-corrected chi connectivity index (χ2v) is 10.2. The van der Waals surface area contributed by atoms with Crippen LogP contribution in [0.1, 0.15) is 37.8 Å². The number of aryl methyl sites for hydroxylation is 1. The number of hydrogen-bond donors (Lipinski definition) is 1. The maximum atomic E-state index is 12.9. The van der Waals surface area contributed by atoms with Crippen LogP contribution in [0.15, 0.2) is 52.2 Å². The van der Waals surface area contributed by atoms with E-state index in [9.17, 15) is 13.2 Å². The molecule has 4 rings (SSSR count). The van der Waals surface area contributed by atoms with E-state index in [1.807, 2.05) is 19.1 Å². The fourth-order valence-corrected chi connectivity index (χ4v) is 6.03. The van der Waals surface area contributed by atoms with Crippen molar-refractivity contribution >= 4 is 37.3 Å². The molecule has 1 aliphatic rings. The minimum Gasteiger partial charge on any atom is -0.372 e. The maximum absolute atomic E-state index is 12.9. The van der Waals surface area contributed by atoms with Crippen LogP contribution >= 0.6 is 11.3 Å². The largest absolute Gasteiger partial charge is 0.372 e. The highest BCUT2D eigenvalue weighted by molar-refractivity contribution is 7.89. The van der Waals surface area contributed by atoms with E-state index in [0.717, 1.165) is 35.5 Å². The van der Waals surface area contributed by atoms with Crippen LogP contribution in [0.5, 0.6) is 0 Å². The van der Waals surface area contributed by atoms with Crippen LogP contribution in [0.25, 0.3) is 10.2 Å². The van der Waals surface area contributed by atoms with Crippen LogP contribution in [0.3, 0.4) is 0 Å². The molecule has 8 heteroatoms. The van der Waals surface area contributed by atoms with Crippen molar-refractivity contribution in [2.75, 3.05) is 18.0 Å². The number of nitrogens with one attached hydrogen (secondary N) is 1. The topological polar surface area (TPSA) is 71.4 Å². The molecule has 1 aliphatic heterocycles. The smallest absolute Gasteiger partial charge is 0.307 e. The zero-order valence-corrected chi connectivity index (χ0v) is 18.2. The monoisotopic (exact) mass is 431 g/mol. The number of benzene rings is 2. The summed E-state index contributed by atoms with van der Waals surface area (Å²) in [6.07, 6.45) is 3.73. The molecule has 29 heavy (non-hydrogen) atoms. The summed E-state index contributed by atoms with van der Waals surface area (Å²) in [5, 5.41) is 0. The highest BCUT2D eigenvalue weighted by Gasteiger charge is 2.20. The Labute approximate surface area is 174 Å². The number of anilines is 1. The Morgan fingerprint density at radius 3 is 2.41 bits per heavy atom. The molecule has 1 saturated heterocycles. The Morgan fingerprint density at radius 1 is 1.03 bits per heavy atom. The predicted octanol–water partition coefficient (Wildman–Crippen LogP) is 3.63. The van der Waals surface area contributed by atoms with E-state index in [1.165, 1.54) is 29.5 Å². The summed E-state index contributed by atoms with van der Waals surface area (Å²) in [7, 11) is -2.01. The van der Waals surface area contributed by atoms with Gasteiger partial charge in [0.15, 0.2) is 0 Å². The Balaban J connectivity index is 1.52. The summed E-state index contributed by atoms with van der Waals surface area (Å²) < 4.78 is 30.7. The molecule has 0 aliphatic carbocycles. The van der Waals surface area contributed by atoms with Crippen LogP contribution < -0.4 is 14.5 Å². The first-order chi connectivity index (χ1) is 13.8. The Kier molecular flexibility index (Phi) is 5.50. The van der Waals surface area contributed by atoms with Crippen LogP contribution in [-0.4, -0.2) is 26.1 Å². The van der Waals surface area contributed by atoms with Crippen molar-refractivity contribution in [3.63, 3.8) is 0 Å². The third-order valence-electron chi connectivity index (χ3n) is 5.52. The molecular weight excluding hydrogens is 406 g/mol. The molecule has 1 N–H and O–H groups in total.